The van der Waals surface area contributed by atoms with Gasteiger partial charge in [-0.2, -0.15) is 0 Å². The zero-order valence-corrected chi connectivity index (χ0v) is 15.1. The lowest BCUT2D eigenvalue weighted by molar-refractivity contribution is -0.135. The SMILES string of the molecule is Cn1cnc2cc(NC(=O)N3CCC(C(=O)N4CCCC4)CC3)ccc21. The van der Waals surface area contributed by atoms with Gasteiger partial charge in [0.1, 0.15) is 0 Å². The van der Waals surface area contributed by atoms with Crippen LogP contribution in [0, 0.1) is 5.92 Å². The second-order valence-corrected chi connectivity index (χ2v) is 7.28. The van der Waals surface area contributed by atoms with E-state index in [2.05, 4.69) is 10.3 Å². The summed E-state index contributed by atoms with van der Waals surface area (Å²) in [4.78, 5) is 33.1. The third-order valence-electron chi connectivity index (χ3n) is 5.53. The van der Waals surface area contributed by atoms with E-state index in [1.165, 1.54) is 0 Å². The van der Waals surface area contributed by atoms with E-state index in [0.29, 0.717) is 13.1 Å². The molecule has 0 saturated carbocycles. The fourth-order valence-corrected chi connectivity index (χ4v) is 3.94. The van der Waals surface area contributed by atoms with Gasteiger partial charge in [0.2, 0.25) is 5.91 Å². The van der Waals surface area contributed by atoms with Gasteiger partial charge in [0, 0.05) is 44.8 Å². The summed E-state index contributed by atoms with van der Waals surface area (Å²) in [6.45, 7) is 3.05. The Labute approximate surface area is 153 Å². The zero-order valence-electron chi connectivity index (χ0n) is 15.1. The number of piperidine rings is 1. The van der Waals surface area contributed by atoms with Crippen molar-refractivity contribution in [2.24, 2.45) is 13.0 Å². The largest absolute Gasteiger partial charge is 0.342 e. The Balaban J connectivity index is 1.33. The first-order chi connectivity index (χ1) is 12.6. The fourth-order valence-electron chi connectivity index (χ4n) is 3.94. The number of likely N-dealkylation sites (tertiary alicyclic amines) is 2. The van der Waals surface area contributed by atoms with Crippen molar-refractivity contribution in [2.75, 3.05) is 31.5 Å². The van der Waals surface area contributed by atoms with E-state index in [9.17, 15) is 9.59 Å². The number of nitrogens with one attached hydrogen (secondary N) is 1. The highest BCUT2D eigenvalue weighted by molar-refractivity contribution is 5.92. The average molecular weight is 355 g/mol. The number of benzene rings is 1. The summed E-state index contributed by atoms with van der Waals surface area (Å²) in [5.41, 5.74) is 2.64. The third kappa shape index (κ3) is 3.25. The Hall–Kier alpha value is -2.57. The molecule has 2 aromatic rings. The maximum absolute atomic E-state index is 12.5. The molecule has 0 radical (unpaired) electrons. The third-order valence-corrected chi connectivity index (χ3v) is 5.53. The predicted molar refractivity (Wildman–Crippen MR) is 99.8 cm³/mol. The molecule has 0 bridgehead atoms. The second kappa shape index (κ2) is 6.97. The number of carbonyl (C=O) groups excluding carboxylic acids is 2. The average Bonchev–Trinajstić information content (AvgIpc) is 3.32. The van der Waals surface area contributed by atoms with Crippen LogP contribution in [0.3, 0.4) is 0 Å². The van der Waals surface area contributed by atoms with Crippen LogP contribution in [0.4, 0.5) is 10.5 Å². The zero-order chi connectivity index (χ0) is 18.1. The standard InChI is InChI=1S/C19H25N5O2/c1-22-13-20-16-12-15(4-5-17(16)22)21-19(26)24-10-6-14(7-11-24)18(25)23-8-2-3-9-23/h4-5,12-14H,2-3,6-11H2,1H3,(H,21,26). The first kappa shape index (κ1) is 16.9. The quantitative estimate of drug-likeness (QED) is 0.899. The molecule has 0 atom stereocenters. The Morgan fingerprint density at radius 2 is 1.81 bits per heavy atom. The molecule has 2 saturated heterocycles. The van der Waals surface area contributed by atoms with Gasteiger partial charge in [-0.3, -0.25) is 4.79 Å². The Bertz CT molecular complexity index is 816. The summed E-state index contributed by atoms with van der Waals surface area (Å²) in [6.07, 6.45) is 5.50. The van der Waals surface area contributed by atoms with Crippen LogP contribution in [0.15, 0.2) is 24.5 Å². The van der Waals surface area contributed by atoms with Gasteiger partial charge in [-0.25, -0.2) is 9.78 Å². The normalized spacial score (nSPS) is 18.5. The molecule has 26 heavy (non-hydrogen) atoms. The molecule has 1 aromatic carbocycles. The van der Waals surface area contributed by atoms with E-state index in [-0.39, 0.29) is 17.9 Å². The van der Waals surface area contributed by atoms with Crippen molar-refractivity contribution in [2.45, 2.75) is 25.7 Å². The molecule has 138 valence electrons. The molecule has 0 spiro atoms. The van der Waals surface area contributed by atoms with Crippen LogP contribution in [0.1, 0.15) is 25.7 Å². The summed E-state index contributed by atoms with van der Waals surface area (Å²) in [5.74, 6) is 0.352. The van der Waals surface area contributed by atoms with Crippen molar-refractivity contribution in [1.29, 1.82) is 0 Å². The number of urea groups is 1. The van der Waals surface area contributed by atoms with Crippen LogP contribution >= 0.6 is 0 Å². The highest BCUT2D eigenvalue weighted by Gasteiger charge is 2.31. The molecule has 1 aromatic heterocycles. The maximum Gasteiger partial charge on any atom is 0.321 e. The van der Waals surface area contributed by atoms with Gasteiger partial charge >= 0.3 is 6.03 Å². The van der Waals surface area contributed by atoms with Crippen LogP contribution < -0.4 is 5.32 Å². The number of rotatable bonds is 2. The molecule has 7 heteroatoms. The summed E-state index contributed by atoms with van der Waals surface area (Å²) in [5, 5.41) is 2.95. The monoisotopic (exact) mass is 355 g/mol. The molecule has 2 aliphatic rings. The van der Waals surface area contributed by atoms with E-state index in [1.807, 2.05) is 34.7 Å². The van der Waals surface area contributed by atoms with Gasteiger partial charge in [0.25, 0.3) is 0 Å². The van der Waals surface area contributed by atoms with Crippen molar-refractivity contribution in [3.8, 4) is 0 Å². The van der Waals surface area contributed by atoms with E-state index >= 15 is 0 Å². The minimum Gasteiger partial charge on any atom is -0.342 e. The Morgan fingerprint density at radius 1 is 1.08 bits per heavy atom. The van der Waals surface area contributed by atoms with Gasteiger partial charge in [-0.05, 0) is 43.9 Å². The molecule has 4 rings (SSSR count). The second-order valence-electron chi connectivity index (χ2n) is 7.28. The number of carbonyl (C=O) groups is 2. The van der Waals surface area contributed by atoms with Crippen LogP contribution in [0.2, 0.25) is 0 Å². The molecule has 1 N–H and O–H groups in total. The topological polar surface area (TPSA) is 70.5 Å². The van der Waals surface area contributed by atoms with Crippen LogP contribution in [0.25, 0.3) is 11.0 Å². The van der Waals surface area contributed by atoms with Crippen LogP contribution in [-0.4, -0.2) is 57.5 Å². The summed E-state index contributed by atoms with van der Waals surface area (Å²) in [6, 6.07) is 5.63. The summed E-state index contributed by atoms with van der Waals surface area (Å²) >= 11 is 0. The minimum absolute atomic E-state index is 0.0713. The molecule has 7 nitrogen and oxygen atoms in total. The van der Waals surface area contributed by atoms with Crippen molar-refractivity contribution in [3.63, 3.8) is 0 Å². The number of hydrogen-bond donors (Lipinski definition) is 1. The van der Waals surface area contributed by atoms with Crippen molar-refractivity contribution >= 4 is 28.7 Å². The maximum atomic E-state index is 12.5. The van der Waals surface area contributed by atoms with E-state index in [0.717, 1.165) is 55.5 Å². The molecule has 2 aliphatic heterocycles. The molecule has 2 fully saturated rings. The molecule has 0 unspecified atom stereocenters. The lowest BCUT2D eigenvalue weighted by Crippen LogP contribution is -2.45. The van der Waals surface area contributed by atoms with Gasteiger partial charge in [-0.1, -0.05) is 0 Å². The minimum atomic E-state index is -0.104. The van der Waals surface area contributed by atoms with Crippen LogP contribution in [-0.2, 0) is 11.8 Å². The summed E-state index contributed by atoms with van der Waals surface area (Å²) in [7, 11) is 1.95. The van der Waals surface area contributed by atoms with Gasteiger partial charge in [0.15, 0.2) is 0 Å². The van der Waals surface area contributed by atoms with E-state index < -0.39 is 0 Å². The van der Waals surface area contributed by atoms with E-state index in [4.69, 9.17) is 0 Å². The van der Waals surface area contributed by atoms with Crippen LogP contribution in [0.5, 0.6) is 0 Å². The first-order valence-corrected chi connectivity index (χ1v) is 9.37. The van der Waals surface area contributed by atoms with E-state index in [1.54, 1.807) is 11.2 Å². The van der Waals surface area contributed by atoms with Gasteiger partial charge < -0.3 is 19.7 Å². The highest BCUT2D eigenvalue weighted by atomic mass is 16.2. The number of imidazole rings is 1. The lowest BCUT2D eigenvalue weighted by atomic mass is 9.95. The lowest BCUT2D eigenvalue weighted by Gasteiger charge is -2.33. The number of hydrogen-bond acceptors (Lipinski definition) is 3. The highest BCUT2D eigenvalue weighted by Crippen LogP contribution is 2.23. The molecule has 3 amide bonds. The Morgan fingerprint density at radius 3 is 2.54 bits per heavy atom. The summed E-state index contributed by atoms with van der Waals surface area (Å²) < 4.78 is 1.95. The number of aryl methyl sites for hydroxylation is 1. The van der Waals surface area contributed by atoms with Crippen molar-refractivity contribution < 1.29 is 9.59 Å². The smallest absolute Gasteiger partial charge is 0.321 e. The number of aromatic nitrogens is 2. The molecular formula is C19H25N5O2. The number of nitrogens with zero attached hydrogens (tertiary/aromatic N) is 4. The first-order valence-electron chi connectivity index (χ1n) is 9.37. The number of amides is 3. The fraction of sp³-hybridized carbons (Fsp3) is 0.526. The Kier molecular flexibility index (Phi) is 4.53. The van der Waals surface area contributed by atoms with Crippen molar-refractivity contribution in [3.05, 3.63) is 24.5 Å². The molecule has 3 heterocycles. The van der Waals surface area contributed by atoms with Gasteiger partial charge in [-0.15, -0.1) is 0 Å². The number of fused-ring (bicyclic) bond motifs is 1. The molecule has 0 aliphatic carbocycles. The predicted octanol–water partition coefficient (Wildman–Crippen LogP) is 2.44. The van der Waals surface area contributed by atoms with Crippen molar-refractivity contribution in [1.82, 2.24) is 19.4 Å². The number of anilines is 1. The van der Waals surface area contributed by atoms with Gasteiger partial charge in [0.05, 0.1) is 17.4 Å². The molecular weight excluding hydrogens is 330 g/mol.